The molecule has 0 spiro atoms. The van der Waals surface area contributed by atoms with Crippen molar-refractivity contribution in [3.63, 3.8) is 0 Å². The van der Waals surface area contributed by atoms with Crippen molar-refractivity contribution in [2.45, 2.75) is 62.6 Å². The van der Waals surface area contributed by atoms with Crippen LogP contribution in [0.4, 0.5) is 0 Å². The molecule has 0 radical (unpaired) electrons. The highest BCUT2D eigenvalue weighted by Crippen LogP contribution is 2.05. The summed E-state index contributed by atoms with van der Waals surface area (Å²) in [6.45, 7) is -1.52. The molecule has 0 aliphatic rings. The van der Waals surface area contributed by atoms with Crippen molar-refractivity contribution in [1.82, 2.24) is 15.5 Å². The van der Waals surface area contributed by atoms with Crippen LogP contribution in [0, 0.1) is 0 Å². The quantitative estimate of drug-likeness (QED) is 0.0781. The van der Waals surface area contributed by atoms with E-state index in [-0.39, 0.29) is 51.9 Å². The zero-order valence-electron chi connectivity index (χ0n) is 19.3. The fourth-order valence-electron chi connectivity index (χ4n) is 2.91. The predicted molar refractivity (Wildman–Crippen MR) is 118 cm³/mol. The molecule has 3 amide bonds. The second kappa shape index (κ2) is 18.0. The van der Waals surface area contributed by atoms with Gasteiger partial charge >= 0.3 is 5.97 Å². The first-order valence-corrected chi connectivity index (χ1v) is 11.1. The van der Waals surface area contributed by atoms with Crippen molar-refractivity contribution < 1.29 is 60.0 Å². The summed E-state index contributed by atoms with van der Waals surface area (Å²) in [6, 6.07) is 0. The molecule has 35 heavy (non-hydrogen) atoms. The topological polar surface area (TPSA) is 257 Å². The van der Waals surface area contributed by atoms with E-state index in [0.29, 0.717) is 0 Å². The Morgan fingerprint density at radius 2 is 1.43 bits per heavy atom. The van der Waals surface area contributed by atoms with Crippen molar-refractivity contribution in [2.24, 2.45) is 0 Å². The molecule has 0 aromatic carbocycles. The molecule has 0 aliphatic carbocycles. The van der Waals surface area contributed by atoms with Crippen LogP contribution in [0.5, 0.6) is 0 Å². The smallest absolute Gasteiger partial charge is 0.303 e. The van der Waals surface area contributed by atoms with Gasteiger partial charge in [-0.25, -0.2) is 0 Å². The van der Waals surface area contributed by atoms with Crippen molar-refractivity contribution in [3.05, 3.63) is 0 Å². The van der Waals surface area contributed by atoms with Crippen LogP contribution < -0.4 is 10.6 Å². The number of carboxylic acids is 1. The van der Waals surface area contributed by atoms with E-state index >= 15 is 0 Å². The lowest BCUT2D eigenvalue weighted by Gasteiger charge is -2.25. The molecule has 0 fully saturated rings. The Kier molecular flexibility index (Phi) is 16.7. The van der Waals surface area contributed by atoms with Crippen molar-refractivity contribution in [1.29, 1.82) is 0 Å². The molecule has 5 atom stereocenters. The first-order valence-electron chi connectivity index (χ1n) is 11.1. The standard InChI is InChI=1S/C20H37N3O12/c24-8-3-14(28)18(33)19(34)20(35)22-5-7-23(16(30)1-2-17(31)32)6-4-21-15(29)10-12(26)9-13(27)11-25/h12-14,18-19,24-28,33-34H,1-11H2,(H,21,29)(H,22,35)(H,31,32)/t12-,13+,14-,18+,19-/m1/s1. The molecular formula is C20H37N3O12. The number of aliphatic hydroxyl groups excluding tert-OH is 7. The summed E-state index contributed by atoms with van der Waals surface area (Å²) in [5, 5.41) is 79.0. The molecule has 0 saturated heterocycles. The van der Waals surface area contributed by atoms with E-state index in [4.69, 9.17) is 15.3 Å². The summed E-state index contributed by atoms with van der Waals surface area (Å²) >= 11 is 0. The third-order valence-corrected chi connectivity index (χ3v) is 4.88. The minimum absolute atomic E-state index is 0.0736. The maximum atomic E-state index is 12.3. The zero-order valence-corrected chi connectivity index (χ0v) is 19.3. The average molecular weight is 512 g/mol. The van der Waals surface area contributed by atoms with Crippen LogP contribution >= 0.6 is 0 Å². The second-order valence-electron chi connectivity index (χ2n) is 7.86. The molecule has 0 heterocycles. The van der Waals surface area contributed by atoms with E-state index in [1.54, 1.807) is 0 Å². The van der Waals surface area contributed by atoms with E-state index < -0.39 is 73.8 Å². The van der Waals surface area contributed by atoms with Crippen LogP contribution in [0.3, 0.4) is 0 Å². The average Bonchev–Trinajstić information content (AvgIpc) is 2.80. The predicted octanol–water partition coefficient (Wildman–Crippen LogP) is -5.13. The number of aliphatic hydroxyl groups is 7. The Balaban J connectivity index is 4.74. The number of carbonyl (C=O) groups is 4. The highest BCUT2D eigenvalue weighted by molar-refractivity contribution is 5.82. The molecule has 0 rings (SSSR count). The lowest BCUT2D eigenvalue weighted by Crippen LogP contribution is -2.49. The number of carboxylic acid groups (broad SMARTS) is 1. The molecule has 15 nitrogen and oxygen atoms in total. The van der Waals surface area contributed by atoms with E-state index in [1.165, 1.54) is 4.90 Å². The zero-order chi connectivity index (χ0) is 27.0. The summed E-state index contributed by atoms with van der Waals surface area (Å²) in [5.41, 5.74) is 0. The van der Waals surface area contributed by atoms with Gasteiger partial charge in [0, 0.05) is 45.6 Å². The van der Waals surface area contributed by atoms with Crippen LogP contribution in [0.1, 0.15) is 32.1 Å². The first kappa shape index (κ1) is 32.6. The number of nitrogens with one attached hydrogen (secondary N) is 2. The molecule has 0 bridgehead atoms. The third-order valence-electron chi connectivity index (χ3n) is 4.88. The third kappa shape index (κ3) is 14.6. The van der Waals surface area contributed by atoms with Gasteiger partial charge < -0.3 is 56.4 Å². The van der Waals surface area contributed by atoms with E-state index in [1.807, 2.05) is 0 Å². The molecule has 15 heteroatoms. The number of hydrogen-bond acceptors (Lipinski definition) is 11. The van der Waals surface area contributed by atoms with Crippen LogP contribution in [0.25, 0.3) is 0 Å². The molecule has 10 N–H and O–H groups in total. The Labute approximate surface area is 202 Å². The van der Waals surface area contributed by atoms with Gasteiger partial charge in [-0.2, -0.15) is 0 Å². The number of amides is 3. The van der Waals surface area contributed by atoms with Gasteiger partial charge in [-0.3, -0.25) is 19.2 Å². The number of hydrogen-bond donors (Lipinski definition) is 10. The van der Waals surface area contributed by atoms with Crippen LogP contribution in [0.2, 0.25) is 0 Å². The molecule has 0 aromatic rings. The highest BCUT2D eigenvalue weighted by atomic mass is 16.4. The van der Waals surface area contributed by atoms with Crippen LogP contribution in [0.15, 0.2) is 0 Å². The summed E-state index contributed by atoms with van der Waals surface area (Å²) in [4.78, 5) is 48.1. The number of nitrogens with zero attached hydrogens (tertiary/aromatic N) is 1. The van der Waals surface area contributed by atoms with Crippen molar-refractivity contribution >= 4 is 23.7 Å². The SMILES string of the molecule is O=C(O)CCC(=O)N(CCNC(=O)C[C@H](O)C[C@H](O)CO)CCNC(=O)[C@H](O)[C@@H](O)[C@H](O)CCO. The van der Waals surface area contributed by atoms with Gasteiger partial charge in [0.15, 0.2) is 6.10 Å². The number of aliphatic carboxylic acids is 1. The van der Waals surface area contributed by atoms with E-state index in [2.05, 4.69) is 10.6 Å². The monoisotopic (exact) mass is 511 g/mol. The number of carbonyl (C=O) groups excluding carboxylic acids is 3. The second-order valence-corrected chi connectivity index (χ2v) is 7.86. The molecule has 0 aliphatic heterocycles. The van der Waals surface area contributed by atoms with Gasteiger partial charge in [-0.05, 0) is 6.42 Å². The first-order chi connectivity index (χ1) is 16.4. The summed E-state index contributed by atoms with van der Waals surface area (Å²) in [7, 11) is 0. The van der Waals surface area contributed by atoms with Gasteiger partial charge in [0.2, 0.25) is 11.8 Å². The van der Waals surface area contributed by atoms with Gasteiger partial charge in [0.25, 0.3) is 5.91 Å². The van der Waals surface area contributed by atoms with E-state index in [0.717, 1.165) is 0 Å². The van der Waals surface area contributed by atoms with Crippen LogP contribution in [-0.4, -0.2) is 139 Å². The molecule has 204 valence electrons. The van der Waals surface area contributed by atoms with Gasteiger partial charge in [0.05, 0.1) is 37.8 Å². The van der Waals surface area contributed by atoms with E-state index in [9.17, 15) is 44.7 Å². The van der Waals surface area contributed by atoms with Crippen molar-refractivity contribution in [3.8, 4) is 0 Å². The fourth-order valence-corrected chi connectivity index (χ4v) is 2.91. The lowest BCUT2D eigenvalue weighted by molar-refractivity contribution is -0.142. The largest absolute Gasteiger partial charge is 0.481 e. The maximum Gasteiger partial charge on any atom is 0.303 e. The lowest BCUT2D eigenvalue weighted by atomic mass is 10.1. The molecule has 0 saturated carbocycles. The normalized spacial score (nSPS) is 15.4. The summed E-state index contributed by atoms with van der Waals surface area (Å²) in [5.74, 6) is -3.41. The molecule has 0 unspecified atom stereocenters. The Morgan fingerprint density at radius 1 is 0.829 bits per heavy atom. The fraction of sp³-hybridized carbons (Fsp3) is 0.800. The summed E-state index contributed by atoms with van der Waals surface area (Å²) in [6.07, 6.45) is -9.37. The minimum Gasteiger partial charge on any atom is -0.481 e. The Morgan fingerprint density at radius 3 is 1.97 bits per heavy atom. The minimum atomic E-state index is -2.00. The van der Waals surface area contributed by atoms with Crippen molar-refractivity contribution in [2.75, 3.05) is 39.4 Å². The Bertz CT molecular complexity index is 665. The van der Waals surface area contributed by atoms with Crippen LogP contribution in [-0.2, 0) is 19.2 Å². The molecular weight excluding hydrogens is 474 g/mol. The summed E-state index contributed by atoms with van der Waals surface area (Å²) < 4.78 is 0. The number of rotatable bonds is 19. The maximum absolute atomic E-state index is 12.3. The Hall–Kier alpha value is -2.40. The highest BCUT2D eigenvalue weighted by Gasteiger charge is 2.30. The van der Waals surface area contributed by atoms with Gasteiger partial charge in [-0.1, -0.05) is 0 Å². The van der Waals surface area contributed by atoms with Gasteiger partial charge in [0.1, 0.15) is 6.10 Å². The molecule has 0 aromatic heterocycles. The van der Waals surface area contributed by atoms with Gasteiger partial charge in [-0.15, -0.1) is 0 Å².